The number of carbonyl (C=O) groups is 1. The Labute approximate surface area is 113 Å². The fraction of sp³-hybridized carbons (Fsp3) is 0.235. The van der Waals surface area contributed by atoms with Gasteiger partial charge in [-0.25, -0.2) is 0 Å². The van der Waals surface area contributed by atoms with Crippen LogP contribution in [0.25, 0.3) is 10.8 Å². The number of hydrogen-bond acceptors (Lipinski definition) is 1. The van der Waals surface area contributed by atoms with Gasteiger partial charge in [-0.3, -0.25) is 4.79 Å². The third-order valence-corrected chi connectivity index (χ3v) is 3.41. The van der Waals surface area contributed by atoms with Crippen LogP contribution in [0.15, 0.2) is 55.1 Å². The summed E-state index contributed by atoms with van der Waals surface area (Å²) in [5.74, 6) is -1.07. The lowest BCUT2D eigenvalue weighted by Gasteiger charge is -2.13. The molecule has 0 saturated heterocycles. The minimum absolute atomic E-state index is 0.344. The first-order chi connectivity index (χ1) is 9.22. The van der Waals surface area contributed by atoms with Crippen molar-refractivity contribution in [2.75, 3.05) is 0 Å². The van der Waals surface area contributed by atoms with Gasteiger partial charge in [0.2, 0.25) is 0 Å². The molecule has 0 amide bonds. The van der Waals surface area contributed by atoms with Crippen LogP contribution in [0, 0.1) is 5.92 Å². The monoisotopic (exact) mass is 254 g/mol. The van der Waals surface area contributed by atoms with E-state index in [1.54, 1.807) is 6.08 Å². The molecule has 2 aromatic rings. The first kappa shape index (κ1) is 13.3. The molecule has 1 N–H and O–H groups in total. The van der Waals surface area contributed by atoms with Crippen LogP contribution in [0.1, 0.15) is 18.4 Å². The maximum absolute atomic E-state index is 11.3. The zero-order chi connectivity index (χ0) is 13.7. The number of carboxylic acids is 1. The van der Waals surface area contributed by atoms with E-state index in [-0.39, 0.29) is 5.92 Å². The van der Waals surface area contributed by atoms with Crippen molar-refractivity contribution in [3.8, 4) is 0 Å². The molecule has 2 aromatic carbocycles. The minimum atomic E-state index is -0.727. The van der Waals surface area contributed by atoms with Gasteiger partial charge in [-0.05, 0) is 35.6 Å². The average Bonchev–Trinajstić information content (AvgIpc) is 2.43. The van der Waals surface area contributed by atoms with Crippen molar-refractivity contribution >= 4 is 16.7 Å². The zero-order valence-corrected chi connectivity index (χ0v) is 10.9. The second kappa shape index (κ2) is 6.19. The first-order valence-corrected chi connectivity index (χ1v) is 6.52. The molecule has 0 radical (unpaired) electrons. The van der Waals surface area contributed by atoms with Gasteiger partial charge in [0.05, 0.1) is 5.92 Å². The fourth-order valence-corrected chi connectivity index (χ4v) is 2.37. The highest BCUT2D eigenvalue weighted by Gasteiger charge is 2.18. The first-order valence-electron chi connectivity index (χ1n) is 6.52. The summed E-state index contributed by atoms with van der Waals surface area (Å²) in [6.07, 6.45) is 3.73. The van der Waals surface area contributed by atoms with Gasteiger partial charge in [0.25, 0.3) is 0 Å². The Morgan fingerprint density at radius 3 is 2.68 bits per heavy atom. The van der Waals surface area contributed by atoms with Gasteiger partial charge in [-0.15, -0.1) is 6.58 Å². The Morgan fingerprint density at radius 1 is 1.21 bits per heavy atom. The van der Waals surface area contributed by atoms with E-state index in [0.717, 1.165) is 22.8 Å². The van der Waals surface area contributed by atoms with Crippen LogP contribution < -0.4 is 0 Å². The van der Waals surface area contributed by atoms with Crippen molar-refractivity contribution in [1.82, 2.24) is 0 Å². The van der Waals surface area contributed by atoms with Crippen LogP contribution >= 0.6 is 0 Å². The van der Waals surface area contributed by atoms with Gasteiger partial charge in [0, 0.05) is 0 Å². The molecule has 0 spiro atoms. The van der Waals surface area contributed by atoms with Crippen LogP contribution in [0.4, 0.5) is 0 Å². The van der Waals surface area contributed by atoms with E-state index in [1.165, 1.54) is 0 Å². The van der Waals surface area contributed by atoms with E-state index in [2.05, 4.69) is 24.8 Å². The van der Waals surface area contributed by atoms with Crippen molar-refractivity contribution in [1.29, 1.82) is 0 Å². The molecule has 2 heteroatoms. The topological polar surface area (TPSA) is 37.3 Å². The Morgan fingerprint density at radius 2 is 1.95 bits per heavy atom. The molecular weight excluding hydrogens is 236 g/mol. The molecule has 19 heavy (non-hydrogen) atoms. The molecule has 2 rings (SSSR count). The smallest absolute Gasteiger partial charge is 0.306 e. The van der Waals surface area contributed by atoms with Crippen molar-refractivity contribution in [3.63, 3.8) is 0 Å². The Kier molecular flexibility index (Phi) is 4.35. The normalized spacial score (nSPS) is 12.2. The van der Waals surface area contributed by atoms with Crippen LogP contribution in [0.2, 0.25) is 0 Å². The maximum Gasteiger partial charge on any atom is 0.306 e. The molecule has 0 aliphatic rings. The molecule has 0 fully saturated rings. The van der Waals surface area contributed by atoms with E-state index >= 15 is 0 Å². The highest BCUT2D eigenvalue weighted by Crippen LogP contribution is 2.23. The number of rotatable bonds is 6. The predicted molar refractivity (Wildman–Crippen MR) is 78.2 cm³/mol. The van der Waals surface area contributed by atoms with Gasteiger partial charge in [0.15, 0.2) is 0 Å². The quantitative estimate of drug-likeness (QED) is 0.790. The van der Waals surface area contributed by atoms with E-state index in [0.29, 0.717) is 12.8 Å². The lowest BCUT2D eigenvalue weighted by atomic mass is 9.92. The number of fused-ring (bicyclic) bond motifs is 1. The van der Waals surface area contributed by atoms with Crippen molar-refractivity contribution < 1.29 is 9.90 Å². The summed E-state index contributed by atoms with van der Waals surface area (Å²) in [7, 11) is 0. The molecule has 0 aromatic heterocycles. The standard InChI is InChI=1S/C17H18O2/c1-2-3-7-15(17(18)19)12-14-10-6-9-13-8-4-5-11-16(13)14/h2,4-6,8-11,15H,1,3,7,12H2,(H,18,19). The van der Waals surface area contributed by atoms with E-state index in [4.69, 9.17) is 0 Å². The predicted octanol–water partition coefficient (Wildman–Crippen LogP) is 4.05. The van der Waals surface area contributed by atoms with E-state index in [9.17, 15) is 9.90 Å². The summed E-state index contributed by atoms with van der Waals surface area (Å²) in [4.78, 5) is 11.3. The SMILES string of the molecule is C=CCCC(Cc1cccc2ccccc12)C(=O)O. The number of aliphatic carboxylic acids is 1. The van der Waals surface area contributed by atoms with Crippen molar-refractivity contribution in [2.45, 2.75) is 19.3 Å². The summed E-state index contributed by atoms with van der Waals surface area (Å²) >= 11 is 0. The van der Waals surface area contributed by atoms with E-state index < -0.39 is 5.97 Å². The van der Waals surface area contributed by atoms with E-state index in [1.807, 2.05) is 24.3 Å². The Hall–Kier alpha value is -2.09. The maximum atomic E-state index is 11.3. The summed E-state index contributed by atoms with van der Waals surface area (Å²) in [6, 6.07) is 14.2. The summed E-state index contributed by atoms with van der Waals surface area (Å²) in [5.41, 5.74) is 1.11. The Balaban J connectivity index is 2.28. The average molecular weight is 254 g/mol. The van der Waals surface area contributed by atoms with Gasteiger partial charge in [-0.1, -0.05) is 48.5 Å². The molecule has 0 saturated carbocycles. The van der Waals surface area contributed by atoms with Gasteiger partial charge < -0.3 is 5.11 Å². The van der Waals surface area contributed by atoms with Crippen molar-refractivity contribution in [3.05, 3.63) is 60.7 Å². The van der Waals surface area contributed by atoms with Crippen LogP contribution in [0.3, 0.4) is 0 Å². The molecular formula is C17H18O2. The highest BCUT2D eigenvalue weighted by molar-refractivity contribution is 5.86. The zero-order valence-electron chi connectivity index (χ0n) is 10.9. The molecule has 1 unspecified atom stereocenters. The lowest BCUT2D eigenvalue weighted by Crippen LogP contribution is -2.16. The molecule has 0 bridgehead atoms. The Bertz CT molecular complexity index is 581. The molecule has 1 atom stereocenters. The second-order valence-electron chi connectivity index (χ2n) is 4.74. The molecule has 0 aliphatic carbocycles. The van der Waals surface area contributed by atoms with Crippen LogP contribution in [-0.2, 0) is 11.2 Å². The van der Waals surface area contributed by atoms with Gasteiger partial charge in [-0.2, -0.15) is 0 Å². The molecule has 98 valence electrons. The van der Waals surface area contributed by atoms with Gasteiger partial charge in [0.1, 0.15) is 0 Å². The molecule has 2 nitrogen and oxygen atoms in total. The third-order valence-electron chi connectivity index (χ3n) is 3.41. The number of allylic oxidation sites excluding steroid dienone is 1. The lowest BCUT2D eigenvalue weighted by molar-refractivity contribution is -0.141. The van der Waals surface area contributed by atoms with Gasteiger partial charge >= 0.3 is 5.97 Å². The number of benzene rings is 2. The molecule has 0 aliphatic heterocycles. The third kappa shape index (κ3) is 3.22. The fourth-order valence-electron chi connectivity index (χ4n) is 2.37. The summed E-state index contributed by atoms with van der Waals surface area (Å²) in [6.45, 7) is 3.66. The van der Waals surface area contributed by atoms with Crippen LogP contribution in [0.5, 0.6) is 0 Å². The number of carboxylic acid groups (broad SMARTS) is 1. The molecule has 0 heterocycles. The number of hydrogen-bond donors (Lipinski definition) is 1. The summed E-state index contributed by atoms with van der Waals surface area (Å²) < 4.78 is 0. The van der Waals surface area contributed by atoms with Crippen molar-refractivity contribution in [2.24, 2.45) is 5.92 Å². The second-order valence-corrected chi connectivity index (χ2v) is 4.74. The minimum Gasteiger partial charge on any atom is -0.481 e. The summed E-state index contributed by atoms with van der Waals surface area (Å²) in [5, 5.41) is 11.6. The largest absolute Gasteiger partial charge is 0.481 e. The highest BCUT2D eigenvalue weighted by atomic mass is 16.4. The van der Waals surface area contributed by atoms with Crippen LogP contribution in [-0.4, -0.2) is 11.1 Å².